The molecule has 9 nitrogen and oxygen atoms in total. The van der Waals surface area contributed by atoms with Gasteiger partial charge in [0, 0.05) is 50.1 Å². The second-order valence-electron chi connectivity index (χ2n) is 9.97. The molecule has 1 aromatic heterocycles. The van der Waals surface area contributed by atoms with Gasteiger partial charge < -0.3 is 24.4 Å². The molecule has 3 aromatic rings. The van der Waals surface area contributed by atoms with E-state index in [4.69, 9.17) is 9.47 Å². The molecular weight excluding hydrogens is 470 g/mol. The van der Waals surface area contributed by atoms with Crippen LogP contribution in [0.4, 0.5) is 11.4 Å². The Morgan fingerprint density at radius 1 is 1.00 bits per heavy atom. The Kier molecular flexibility index (Phi) is 7.81. The number of aliphatic hydroxyl groups is 1. The molecule has 1 N–H and O–H groups in total. The van der Waals surface area contributed by atoms with Crippen molar-refractivity contribution in [3.8, 4) is 11.4 Å². The minimum atomic E-state index is -0.643. The predicted octanol–water partition coefficient (Wildman–Crippen LogP) is 3.11. The number of aliphatic hydroxyl groups excluding tert-OH is 1. The van der Waals surface area contributed by atoms with Gasteiger partial charge in [-0.1, -0.05) is 6.92 Å². The van der Waals surface area contributed by atoms with Crippen molar-refractivity contribution in [1.82, 2.24) is 14.3 Å². The van der Waals surface area contributed by atoms with Crippen molar-refractivity contribution in [2.45, 2.75) is 38.8 Å². The highest BCUT2D eigenvalue weighted by Gasteiger charge is 2.21. The molecule has 2 saturated heterocycles. The Labute approximate surface area is 217 Å². The third-order valence-corrected chi connectivity index (χ3v) is 7.47. The smallest absolute Gasteiger partial charge is 0.350 e. The van der Waals surface area contributed by atoms with E-state index in [0.29, 0.717) is 12.3 Å². The molecule has 0 aliphatic carbocycles. The Bertz CT molecular complexity index is 1190. The molecule has 2 aliphatic heterocycles. The summed E-state index contributed by atoms with van der Waals surface area (Å²) in [5.41, 5.74) is 2.88. The van der Waals surface area contributed by atoms with Crippen molar-refractivity contribution in [2.24, 2.45) is 5.92 Å². The van der Waals surface area contributed by atoms with E-state index >= 15 is 0 Å². The van der Waals surface area contributed by atoms with Crippen molar-refractivity contribution in [3.05, 3.63) is 65.3 Å². The molecular formula is C28H37N5O4. The first kappa shape index (κ1) is 25.4. The lowest BCUT2D eigenvalue weighted by Crippen LogP contribution is -2.46. The molecule has 3 atom stereocenters. The number of piperazine rings is 1. The van der Waals surface area contributed by atoms with E-state index in [9.17, 15) is 9.90 Å². The van der Waals surface area contributed by atoms with E-state index in [1.165, 1.54) is 21.3 Å². The minimum Gasteiger partial charge on any atom is -0.493 e. The van der Waals surface area contributed by atoms with E-state index in [1.54, 1.807) is 6.92 Å². The first-order valence-electron chi connectivity index (χ1n) is 13.3. The van der Waals surface area contributed by atoms with Crippen molar-refractivity contribution in [3.63, 3.8) is 0 Å². The van der Waals surface area contributed by atoms with Crippen LogP contribution in [0.2, 0.25) is 0 Å². The summed E-state index contributed by atoms with van der Waals surface area (Å²) in [5, 5.41) is 14.2. The molecule has 37 heavy (non-hydrogen) atoms. The highest BCUT2D eigenvalue weighted by atomic mass is 16.5. The van der Waals surface area contributed by atoms with Gasteiger partial charge in [0.15, 0.2) is 0 Å². The minimum absolute atomic E-state index is 0.238. The highest BCUT2D eigenvalue weighted by molar-refractivity contribution is 5.54. The van der Waals surface area contributed by atoms with Gasteiger partial charge in [-0.05, 0) is 68.3 Å². The molecule has 0 bridgehead atoms. The fraction of sp³-hybridized carbons (Fsp3) is 0.500. The number of ether oxygens (including phenoxy) is 2. The largest absolute Gasteiger partial charge is 0.493 e. The summed E-state index contributed by atoms with van der Waals surface area (Å²) in [6, 6.07) is 16.1. The fourth-order valence-corrected chi connectivity index (χ4v) is 5.17. The predicted molar refractivity (Wildman–Crippen MR) is 144 cm³/mol. The summed E-state index contributed by atoms with van der Waals surface area (Å²) in [5.74, 6) is 1.42. The summed E-state index contributed by atoms with van der Waals surface area (Å²) in [7, 11) is 0. The van der Waals surface area contributed by atoms with Crippen LogP contribution in [0.3, 0.4) is 0 Å². The molecule has 0 saturated carbocycles. The van der Waals surface area contributed by atoms with Crippen LogP contribution < -0.4 is 20.2 Å². The van der Waals surface area contributed by atoms with Crippen LogP contribution in [0, 0.1) is 5.92 Å². The maximum Gasteiger partial charge on any atom is 0.350 e. The molecule has 198 valence electrons. The highest BCUT2D eigenvalue weighted by Crippen LogP contribution is 2.24. The van der Waals surface area contributed by atoms with Gasteiger partial charge in [-0.15, -0.1) is 0 Å². The summed E-state index contributed by atoms with van der Waals surface area (Å²) in [6.45, 7) is 9.70. The van der Waals surface area contributed by atoms with Gasteiger partial charge in [0.05, 0.1) is 31.0 Å². The Hall–Kier alpha value is -3.30. The summed E-state index contributed by atoms with van der Waals surface area (Å²) in [4.78, 5) is 17.6. The van der Waals surface area contributed by atoms with Crippen molar-refractivity contribution >= 4 is 11.4 Å². The van der Waals surface area contributed by atoms with Crippen molar-refractivity contribution in [2.75, 3.05) is 55.8 Å². The van der Waals surface area contributed by atoms with Crippen molar-refractivity contribution in [1.29, 1.82) is 0 Å². The Morgan fingerprint density at radius 3 is 2.14 bits per heavy atom. The number of anilines is 2. The molecule has 0 spiro atoms. The maximum absolute atomic E-state index is 12.9. The molecule has 5 rings (SSSR count). The Morgan fingerprint density at radius 2 is 1.59 bits per heavy atom. The lowest BCUT2D eigenvalue weighted by atomic mass is 10.1. The number of benzene rings is 2. The lowest BCUT2D eigenvalue weighted by molar-refractivity contribution is 0.118. The van der Waals surface area contributed by atoms with Gasteiger partial charge in [0.2, 0.25) is 0 Å². The van der Waals surface area contributed by atoms with E-state index in [1.807, 2.05) is 19.1 Å². The van der Waals surface area contributed by atoms with Gasteiger partial charge >= 0.3 is 5.69 Å². The van der Waals surface area contributed by atoms with Crippen LogP contribution in [0.15, 0.2) is 59.7 Å². The number of rotatable bonds is 9. The topological polar surface area (TPSA) is 85.0 Å². The maximum atomic E-state index is 12.9. The number of hydrogen-bond donors (Lipinski definition) is 1. The zero-order valence-corrected chi connectivity index (χ0v) is 21.7. The standard InChI is InChI=1S/C28H37N5O4/c1-3-27(21(2)34)33-28(35)32(20-29-33)25-6-4-23(5-7-25)30-13-15-31(16-14-30)24-8-10-26(11-9-24)37-19-22-12-17-36-18-22/h4-11,20-22,27,34H,3,12-19H2,1-2H3. The summed E-state index contributed by atoms with van der Waals surface area (Å²) < 4.78 is 14.3. The normalized spacial score (nSPS) is 19.7. The first-order valence-corrected chi connectivity index (χ1v) is 13.3. The molecule has 0 radical (unpaired) electrons. The van der Waals surface area contributed by atoms with Crippen LogP contribution in [-0.2, 0) is 4.74 Å². The molecule has 2 aliphatic rings. The van der Waals surface area contributed by atoms with Crippen LogP contribution >= 0.6 is 0 Å². The molecule has 9 heteroatoms. The third-order valence-electron chi connectivity index (χ3n) is 7.47. The van der Waals surface area contributed by atoms with E-state index in [-0.39, 0.29) is 11.7 Å². The number of hydrogen-bond acceptors (Lipinski definition) is 7. The number of nitrogens with zero attached hydrogens (tertiary/aromatic N) is 5. The van der Waals surface area contributed by atoms with Gasteiger partial charge in [0.1, 0.15) is 12.1 Å². The Balaban J connectivity index is 1.16. The molecule has 2 fully saturated rings. The van der Waals surface area contributed by atoms with Crippen molar-refractivity contribution < 1.29 is 14.6 Å². The molecule has 2 aromatic carbocycles. The van der Waals surface area contributed by atoms with E-state index in [2.05, 4.69) is 51.3 Å². The van der Waals surface area contributed by atoms with E-state index < -0.39 is 6.10 Å². The zero-order chi connectivity index (χ0) is 25.8. The SMILES string of the molecule is CCC(C(C)O)n1ncn(-c2ccc(N3CCN(c4ccc(OCC5CCOC5)cc4)CC3)cc2)c1=O. The quantitative estimate of drug-likeness (QED) is 0.476. The molecule has 0 amide bonds. The summed E-state index contributed by atoms with van der Waals surface area (Å²) in [6.07, 6.45) is 2.60. The molecule has 3 heterocycles. The second-order valence-corrected chi connectivity index (χ2v) is 9.97. The van der Waals surface area contributed by atoms with E-state index in [0.717, 1.165) is 69.5 Å². The fourth-order valence-electron chi connectivity index (χ4n) is 5.17. The average molecular weight is 508 g/mol. The van der Waals surface area contributed by atoms with Crippen LogP contribution in [0.25, 0.3) is 5.69 Å². The molecule has 3 unspecified atom stereocenters. The number of aromatic nitrogens is 3. The van der Waals surface area contributed by atoms with Gasteiger partial charge in [-0.2, -0.15) is 5.10 Å². The lowest BCUT2D eigenvalue weighted by Gasteiger charge is -2.37. The van der Waals surface area contributed by atoms with Gasteiger partial charge in [0.25, 0.3) is 0 Å². The zero-order valence-electron chi connectivity index (χ0n) is 21.7. The van der Waals surface area contributed by atoms with Crippen LogP contribution in [0.1, 0.15) is 32.7 Å². The second kappa shape index (κ2) is 11.4. The van der Waals surface area contributed by atoms with Gasteiger partial charge in [-0.25, -0.2) is 14.0 Å². The van der Waals surface area contributed by atoms with Gasteiger partial charge in [-0.3, -0.25) is 0 Å². The average Bonchev–Trinajstić information content (AvgIpc) is 3.59. The van der Waals surface area contributed by atoms with Crippen LogP contribution in [-0.4, -0.2) is 71.6 Å². The first-order chi connectivity index (χ1) is 18.0. The third kappa shape index (κ3) is 5.67. The van der Waals surface area contributed by atoms with Crippen LogP contribution in [0.5, 0.6) is 5.75 Å². The summed E-state index contributed by atoms with van der Waals surface area (Å²) >= 11 is 0. The monoisotopic (exact) mass is 507 g/mol.